The predicted molar refractivity (Wildman–Crippen MR) is 109 cm³/mol. The van der Waals surface area contributed by atoms with E-state index in [-0.39, 0.29) is 11.9 Å². The van der Waals surface area contributed by atoms with Crippen LogP contribution in [0.3, 0.4) is 0 Å². The van der Waals surface area contributed by atoms with Crippen LogP contribution in [0, 0.1) is 0 Å². The van der Waals surface area contributed by atoms with Crippen LogP contribution in [-0.4, -0.2) is 25.1 Å². The van der Waals surface area contributed by atoms with E-state index in [4.69, 9.17) is 15.2 Å². The first-order valence-electron chi connectivity index (χ1n) is 9.62. The Morgan fingerprint density at radius 1 is 1.00 bits per heavy atom. The molecule has 0 radical (unpaired) electrons. The van der Waals surface area contributed by atoms with E-state index in [9.17, 15) is 9.59 Å². The van der Waals surface area contributed by atoms with Gasteiger partial charge < -0.3 is 20.5 Å². The molecule has 0 fully saturated rings. The molecule has 2 aromatic carbocycles. The smallest absolute Gasteiger partial charge is 0.305 e. The summed E-state index contributed by atoms with van der Waals surface area (Å²) >= 11 is 0. The van der Waals surface area contributed by atoms with Gasteiger partial charge in [-0.15, -0.1) is 0 Å². The fraction of sp³-hybridized carbons (Fsp3) is 0.364. The molecule has 6 nitrogen and oxygen atoms in total. The van der Waals surface area contributed by atoms with Crippen LogP contribution in [0.2, 0.25) is 0 Å². The van der Waals surface area contributed by atoms with Crippen molar-refractivity contribution in [2.75, 3.05) is 18.5 Å². The highest BCUT2D eigenvalue weighted by Crippen LogP contribution is 2.24. The molecule has 0 aromatic heterocycles. The van der Waals surface area contributed by atoms with Crippen molar-refractivity contribution in [1.82, 2.24) is 0 Å². The second-order valence-electron chi connectivity index (χ2n) is 6.32. The average molecular weight is 384 g/mol. The van der Waals surface area contributed by atoms with Gasteiger partial charge in [-0.3, -0.25) is 9.59 Å². The van der Waals surface area contributed by atoms with Crippen LogP contribution in [-0.2, 0) is 16.1 Å². The molecule has 0 heterocycles. The molecule has 2 aromatic rings. The standard InChI is InChI=1S/C22H28N2O4/c1-2-27-21(25)10-4-3-7-15-28-20-9-6-5-8-19(20)24-22(26)18-13-11-17(16-23)12-14-18/h5-6,8-9,11-14H,2-4,7,10,15-16,23H2,1H3,(H,24,26). The van der Waals surface area contributed by atoms with Gasteiger partial charge in [0, 0.05) is 18.5 Å². The first-order valence-corrected chi connectivity index (χ1v) is 9.62. The lowest BCUT2D eigenvalue weighted by atomic mass is 10.1. The van der Waals surface area contributed by atoms with Crippen molar-refractivity contribution in [3.8, 4) is 5.75 Å². The van der Waals surface area contributed by atoms with Gasteiger partial charge >= 0.3 is 5.97 Å². The molecule has 0 aliphatic carbocycles. The van der Waals surface area contributed by atoms with Crippen molar-refractivity contribution in [1.29, 1.82) is 0 Å². The fourth-order valence-corrected chi connectivity index (χ4v) is 2.65. The Labute approximate surface area is 166 Å². The van der Waals surface area contributed by atoms with Crippen molar-refractivity contribution in [3.63, 3.8) is 0 Å². The van der Waals surface area contributed by atoms with Gasteiger partial charge in [-0.2, -0.15) is 0 Å². The quantitative estimate of drug-likeness (QED) is 0.453. The Morgan fingerprint density at radius 2 is 1.75 bits per heavy atom. The molecular formula is C22H28N2O4. The molecule has 0 spiro atoms. The number of amides is 1. The van der Waals surface area contributed by atoms with Gasteiger partial charge in [0.15, 0.2) is 0 Å². The molecule has 0 aliphatic heterocycles. The van der Waals surface area contributed by atoms with E-state index in [0.29, 0.717) is 43.2 Å². The number of hydrogen-bond acceptors (Lipinski definition) is 5. The molecule has 3 N–H and O–H groups in total. The lowest BCUT2D eigenvalue weighted by Gasteiger charge is -2.12. The minimum absolute atomic E-state index is 0.157. The van der Waals surface area contributed by atoms with Crippen LogP contribution in [0.5, 0.6) is 5.75 Å². The topological polar surface area (TPSA) is 90.6 Å². The van der Waals surface area contributed by atoms with Crippen molar-refractivity contribution < 1.29 is 19.1 Å². The van der Waals surface area contributed by atoms with Crippen molar-refractivity contribution in [2.24, 2.45) is 5.73 Å². The maximum atomic E-state index is 12.5. The molecule has 1 amide bonds. The Balaban J connectivity index is 1.81. The molecule has 2 rings (SSSR count). The average Bonchev–Trinajstić information content (AvgIpc) is 2.72. The summed E-state index contributed by atoms with van der Waals surface area (Å²) in [5, 5.41) is 2.89. The second kappa shape index (κ2) is 11.8. The van der Waals surface area contributed by atoms with Crippen LogP contribution >= 0.6 is 0 Å². The normalized spacial score (nSPS) is 10.4. The molecule has 0 unspecified atom stereocenters. The zero-order valence-electron chi connectivity index (χ0n) is 16.3. The third-order valence-electron chi connectivity index (χ3n) is 4.18. The van der Waals surface area contributed by atoms with E-state index in [1.165, 1.54) is 0 Å². The summed E-state index contributed by atoms with van der Waals surface area (Å²) in [7, 11) is 0. The lowest BCUT2D eigenvalue weighted by molar-refractivity contribution is -0.143. The summed E-state index contributed by atoms with van der Waals surface area (Å²) in [5.41, 5.74) is 7.75. The summed E-state index contributed by atoms with van der Waals surface area (Å²) in [4.78, 5) is 23.8. The SMILES string of the molecule is CCOC(=O)CCCCCOc1ccccc1NC(=O)c1ccc(CN)cc1. The van der Waals surface area contributed by atoms with Crippen LogP contribution < -0.4 is 15.8 Å². The number of carbonyl (C=O) groups excluding carboxylic acids is 2. The van der Waals surface area contributed by atoms with E-state index in [2.05, 4.69) is 5.32 Å². The summed E-state index contributed by atoms with van der Waals surface area (Å²) in [6, 6.07) is 14.5. The fourth-order valence-electron chi connectivity index (χ4n) is 2.65. The van der Waals surface area contributed by atoms with Gasteiger partial charge in [0.25, 0.3) is 5.91 Å². The third-order valence-corrected chi connectivity index (χ3v) is 4.18. The number of benzene rings is 2. The summed E-state index contributed by atoms with van der Waals surface area (Å²) in [6.07, 6.45) is 2.91. The molecule has 0 aliphatic rings. The molecular weight excluding hydrogens is 356 g/mol. The van der Waals surface area contributed by atoms with Crippen LogP contribution in [0.1, 0.15) is 48.5 Å². The summed E-state index contributed by atoms with van der Waals surface area (Å²) < 4.78 is 10.7. The van der Waals surface area contributed by atoms with Crippen LogP contribution in [0.4, 0.5) is 5.69 Å². The number of ether oxygens (including phenoxy) is 2. The van der Waals surface area contributed by atoms with Gasteiger partial charge in [0.1, 0.15) is 5.75 Å². The van der Waals surface area contributed by atoms with E-state index in [1.807, 2.05) is 36.4 Å². The van der Waals surface area contributed by atoms with Gasteiger partial charge in [-0.1, -0.05) is 24.3 Å². The molecule has 0 saturated carbocycles. The van der Waals surface area contributed by atoms with E-state index in [1.54, 1.807) is 19.1 Å². The van der Waals surface area contributed by atoms with E-state index >= 15 is 0 Å². The van der Waals surface area contributed by atoms with Crippen molar-refractivity contribution >= 4 is 17.6 Å². The highest BCUT2D eigenvalue weighted by atomic mass is 16.5. The summed E-state index contributed by atoms with van der Waals surface area (Å²) in [5.74, 6) is 0.268. The maximum absolute atomic E-state index is 12.5. The van der Waals surface area contributed by atoms with Gasteiger partial charge in [0.2, 0.25) is 0 Å². The van der Waals surface area contributed by atoms with Crippen molar-refractivity contribution in [3.05, 3.63) is 59.7 Å². The zero-order chi connectivity index (χ0) is 20.2. The monoisotopic (exact) mass is 384 g/mol. The van der Waals surface area contributed by atoms with Crippen molar-refractivity contribution in [2.45, 2.75) is 39.2 Å². The highest BCUT2D eigenvalue weighted by Gasteiger charge is 2.10. The van der Waals surface area contributed by atoms with Crippen LogP contribution in [0.25, 0.3) is 0 Å². The number of para-hydroxylation sites is 2. The maximum Gasteiger partial charge on any atom is 0.305 e. The number of esters is 1. The molecule has 6 heteroatoms. The van der Waals surface area contributed by atoms with E-state index < -0.39 is 0 Å². The number of anilines is 1. The Kier molecular flexibility index (Phi) is 9.01. The summed E-state index contributed by atoms with van der Waals surface area (Å²) in [6.45, 7) is 3.18. The predicted octanol–water partition coefficient (Wildman–Crippen LogP) is 3.90. The second-order valence-corrected chi connectivity index (χ2v) is 6.32. The molecule has 28 heavy (non-hydrogen) atoms. The molecule has 0 saturated heterocycles. The zero-order valence-corrected chi connectivity index (χ0v) is 16.3. The van der Waals surface area contributed by atoms with Gasteiger partial charge in [0.05, 0.1) is 18.9 Å². The number of unbranched alkanes of at least 4 members (excludes halogenated alkanes) is 2. The Bertz CT molecular complexity index is 759. The number of carbonyl (C=O) groups is 2. The van der Waals surface area contributed by atoms with E-state index in [0.717, 1.165) is 24.8 Å². The van der Waals surface area contributed by atoms with Crippen LogP contribution in [0.15, 0.2) is 48.5 Å². The number of nitrogens with two attached hydrogens (primary N) is 1. The molecule has 0 atom stereocenters. The van der Waals surface area contributed by atoms with Gasteiger partial charge in [-0.25, -0.2) is 0 Å². The Morgan fingerprint density at radius 3 is 2.46 bits per heavy atom. The first kappa shape index (κ1) is 21.4. The molecule has 0 bridgehead atoms. The highest BCUT2D eigenvalue weighted by molar-refractivity contribution is 6.05. The minimum Gasteiger partial charge on any atom is -0.491 e. The third kappa shape index (κ3) is 7.04. The number of rotatable bonds is 11. The Hall–Kier alpha value is -2.86. The largest absolute Gasteiger partial charge is 0.491 e. The first-order chi connectivity index (χ1) is 13.6. The lowest BCUT2D eigenvalue weighted by Crippen LogP contribution is -2.13. The molecule has 150 valence electrons. The van der Waals surface area contributed by atoms with Gasteiger partial charge in [-0.05, 0) is 56.0 Å². The minimum atomic E-state index is -0.200. The number of nitrogens with one attached hydrogen (secondary N) is 1. The number of hydrogen-bond donors (Lipinski definition) is 2.